The smallest absolute Gasteiger partial charge is 0.381 e. The Morgan fingerprint density at radius 2 is 1.96 bits per heavy atom. The zero-order valence-electron chi connectivity index (χ0n) is 14.9. The molecule has 7 heteroatoms. The summed E-state index contributed by atoms with van der Waals surface area (Å²) in [6.45, 7) is 3.20. The molecule has 1 aliphatic rings. The molecule has 3 rings (SSSR count). The summed E-state index contributed by atoms with van der Waals surface area (Å²) in [7, 11) is 0. The molecule has 0 unspecified atom stereocenters. The molecule has 0 radical (unpaired) electrons. The van der Waals surface area contributed by atoms with Crippen LogP contribution in [0.3, 0.4) is 0 Å². The molecule has 1 aliphatic heterocycles. The molecule has 1 aromatic heterocycles. The Morgan fingerprint density at radius 1 is 1.22 bits per heavy atom. The van der Waals surface area contributed by atoms with E-state index in [1.54, 1.807) is 25.1 Å². The van der Waals surface area contributed by atoms with Crippen molar-refractivity contribution in [2.24, 2.45) is 0 Å². The van der Waals surface area contributed by atoms with Gasteiger partial charge in [0.05, 0.1) is 5.56 Å². The second-order valence-electron chi connectivity index (χ2n) is 6.80. The van der Waals surface area contributed by atoms with Crippen LogP contribution in [0.2, 0.25) is 0 Å². The quantitative estimate of drug-likeness (QED) is 0.858. The second-order valence-corrected chi connectivity index (χ2v) is 6.80. The summed E-state index contributed by atoms with van der Waals surface area (Å²) in [5, 5.41) is 12.3. The van der Waals surface area contributed by atoms with Crippen molar-refractivity contribution in [2.45, 2.75) is 31.4 Å². The van der Waals surface area contributed by atoms with Crippen LogP contribution in [0.15, 0.2) is 36.4 Å². The number of aromatic nitrogens is 1. The average molecular weight is 375 g/mol. The third-order valence-electron chi connectivity index (χ3n) is 5.06. The first-order valence-corrected chi connectivity index (χ1v) is 8.71. The van der Waals surface area contributed by atoms with Gasteiger partial charge in [-0.3, -0.25) is 0 Å². The molecule has 27 heavy (non-hydrogen) atoms. The number of aryl methyl sites for hydroxylation is 1. The maximum absolute atomic E-state index is 13.2. The molecule has 0 bridgehead atoms. The van der Waals surface area contributed by atoms with Crippen LogP contribution in [-0.2, 0) is 16.3 Å². The van der Waals surface area contributed by atoms with Gasteiger partial charge in [-0.1, -0.05) is 24.3 Å². The van der Waals surface area contributed by atoms with Gasteiger partial charge in [0, 0.05) is 25.2 Å². The van der Waals surface area contributed by atoms with Gasteiger partial charge in [-0.15, -0.1) is 0 Å². The Bertz CT molecular complexity index is 852. The van der Waals surface area contributed by atoms with Crippen LogP contribution < -0.4 is 5.32 Å². The van der Waals surface area contributed by atoms with E-state index in [1.165, 1.54) is 12.1 Å². The standard InChI is InChI=1S/C20H20F3N3O/c1-14-5-6-18(26-17(14)12-24)25-13-19(7-9-27-10-8-19)15-3-2-4-16(11-15)20(21,22)23/h2-6,11H,7-10,13H2,1H3,(H,25,26). The number of pyridine rings is 1. The molecule has 1 aromatic carbocycles. The topological polar surface area (TPSA) is 57.9 Å². The predicted molar refractivity (Wildman–Crippen MR) is 95.4 cm³/mol. The fourth-order valence-electron chi connectivity index (χ4n) is 3.36. The molecule has 2 heterocycles. The Balaban J connectivity index is 1.89. The van der Waals surface area contributed by atoms with Crippen LogP contribution in [-0.4, -0.2) is 24.7 Å². The van der Waals surface area contributed by atoms with E-state index in [1.807, 2.05) is 6.07 Å². The Kier molecular flexibility index (Phi) is 5.38. The second kappa shape index (κ2) is 7.57. The molecule has 1 N–H and O–H groups in total. The van der Waals surface area contributed by atoms with Crippen LogP contribution >= 0.6 is 0 Å². The third-order valence-corrected chi connectivity index (χ3v) is 5.06. The fourth-order valence-corrected chi connectivity index (χ4v) is 3.36. The molecule has 0 amide bonds. The van der Waals surface area contributed by atoms with E-state index in [4.69, 9.17) is 10.00 Å². The molecule has 142 valence electrons. The van der Waals surface area contributed by atoms with Crippen molar-refractivity contribution in [3.8, 4) is 6.07 Å². The molecule has 0 atom stereocenters. The first kappa shape index (κ1) is 19.2. The zero-order valence-corrected chi connectivity index (χ0v) is 14.9. The van der Waals surface area contributed by atoms with Gasteiger partial charge in [-0.05, 0) is 43.0 Å². The van der Waals surface area contributed by atoms with Crippen LogP contribution in [0.4, 0.5) is 19.0 Å². The summed E-state index contributed by atoms with van der Waals surface area (Å²) in [6, 6.07) is 11.1. The lowest BCUT2D eigenvalue weighted by atomic mass is 9.73. The monoisotopic (exact) mass is 375 g/mol. The molecule has 1 fully saturated rings. The minimum Gasteiger partial charge on any atom is -0.381 e. The van der Waals surface area contributed by atoms with Crippen LogP contribution in [0.5, 0.6) is 0 Å². The van der Waals surface area contributed by atoms with E-state index in [0.717, 1.165) is 11.6 Å². The maximum Gasteiger partial charge on any atom is 0.416 e. The summed E-state index contributed by atoms with van der Waals surface area (Å²) in [4.78, 5) is 4.27. The number of nitrogens with one attached hydrogen (secondary N) is 1. The van der Waals surface area contributed by atoms with E-state index >= 15 is 0 Å². The Labute approximate surface area is 156 Å². The van der Waals surface area contributed by atoms with E-state index in [0.29, 0.717) is 49.7 Å². The first-order valence-electron chi connectivity index (χ1n) is 8.71. The van der Waals surface area contributed by atoms with Gasteiger partial charge in [0.1, 0.15) is 17.6 Å². The predicted octanol–water partition coefficient (Wildman–Crippen LogP) is 4.44. The average Bonchev–Trinajstić information content (AvgIpc) is 2.67. The normalized spacial score (nSPS) is 16.6. The third kappa shape index (κ3) is 4.22. The maximum atomic E-state index is 13.2. The molecule has 4 nitrogen and oxygen atoms in total. The summed E-state index contributed by atoms with van der Waals surface area (Å²) in [5.74, 6) is 0.537. The van der Waals surface area contributed by atoms with Crippen LogP contribution in [0, 0.1) is 18.3 Å². The van der Waals surface area contributed by atoms with Gasteiger partial charge < -0.3 is 10.1 Å². The van der Waals surface area contributed by atoms with Gasteiger partial charge >= 0.3 is 6.18 Å². The number of nitriles is 1. The van der Waals surface area contributed by atoms with Crippen molar-refractivity contribution in [2.75, 3.05) is 25.1 Å². The summed E-state index contributed by atoms with van der Waals surface area (Å²) >= 11 is 0. The highest BCUT2D eigenvalue weighted by Gasteiger charge is 2.37. The number of anilines is 1. The lowest BCUT2D eigenvalue weighted by Crippen LogP contribution is -2.40. The largest absolute Gasteiger partial charge is 0.416 e. The summed E-state index contributed by atoms with van der Waals surface area (Å²) in [5.41, 5.74) is 0.618. The number of rotatable bonds is 4. The van der Waals surface area contributed by atoms with Gasteiger partial charge in [0.2, 0.25) is 0 Å². The van der Waals surface area contributed by atoms with E-state index in [9.17, 15) is 13.2 Å². The van der Waals surface area contributed by atoms with Crippen LogP contribution in [0.1, 0.15) is 35.2 Å². The van der Waals surface area contributed by atoms with E-state index in [2.05, 4.69) is 10.3 Å². The van der Waals surface area contributed by atoms with Crippen molar-refractivity contribution < 1.29 is 17.9 Å². The highest BCUT2D eigenvalue weighted by Crippen LogP contribution is 2.38. The lowest BCUT2D eigenvalue weighted by Gasteiger charge is -2.38. The van der Waals surface area contributed by atoms with E-state index in [-0.39, 0.29) is 0 Å². The van der Waals surface area contributed by atoms with Crippen molar-refractivity contribution in [1.82, 2.24) is 4.98 Å². The highest BCUT2D eigenvalue weighted by atomic mass is 19.4. The number of hydrogen-bond donors (Lipinski definition) is 1. The number of nitrogens with zero attached hydrogens (tertiary/aromatic N) is 2. The van der Waals surface area contributed by atoms with Crippen molar-refractivity contribution in [3.05, 3.63) is 58.8 Å². The van der Waals surface area contributed by atoms with Gasteiger partial charge in [-0.2, -0.15) is 18.4 Å². The molecule has 2 aromatic rings. The zero-order chi connectivity index (χ0) is 19.5. The molecule has 0 aliphatic carbocycles. The first-order chi connectivity index (χ1) is 12.8. The van der Waals surface area contributed by atoms with Gasteiger partial charge in [-0.25, -0.2) is 4.98 Å². The van der Waals surface area contributed by atoms with E-state index < -0.39 is 17.2 Å². The number of alkyl halides is 3. The molecule has 0 saturated carbocycles. The van der Waals surface area contributed by atoms with Gasteiger partial charge in [0.15, 0.2) is 0 Å². The molecular formula is C20H20F3N3O. The highest BCUT2D eigenvalue weighted by molar-refractivity contribution is 5.44. The fraction of sp³-hybridized carbons (Fsp3) is 0.400. The SMILES string of the molecule is Cc1ccc(NCC2(c3cccc(C(F)(F)F)c3)CCOCC2)nc1C#N. The minimum absolute atomic E-state index is 0.333. The number of ether oxygens (including phenoxy) is 1. The Hall–Kier alpha value is -2.59. The number of benzene rings is 1. The van der Waals surface area contributed by atoms with Gasteiger partial charge in [0.25, 0.3) is 0 Å². The van der Waals surface area contributed by atoms with Crippen molar-refractivity contribution in [1.29, 1.82) is 5.26 Å². The number of halogens is 3. The summed E-state index contributed by atoms with van der Waals surface area (Å²) in [6.07, 6.45) is -3.16. The number of hydrogen-bond acceptors (Lipinski definition) is 4. The molecule has 1 saturated heterocycles. The molecular weight excluding hydrogens is 355 g/mol. The summed E-state index contributed by atoms with van der Waals surface area (Å²) < 4.78 is 44.9. The molecule has 0 spiro atoms. The minimum atomic E-state index is -4.38. The van der Waals surface area contributed by atoms with Crippen molar-refractivity contribution >= 4 is 5.82 Å². The van der Waals surface area contributed by atoms with Crippen LogP contribution in [0.25, 0.3) is 0 Å². The Morgan fingerprint density at radius 3 is 2.63 bits per heavy atom. The van der Waals surface area contributed by atoms with Crippen molar-refractivity contribution in [3.63, 3.8) is 0 Å². The lowest BCUT2D eigenvalue weighted by molar-refractivity contribution is -0.137.